The summed E-state index contributed by atoms with van der Waals surface area (Å²) in [5, 5.41) is 3.48. The van der Waals surface area contributed by atoms with Gasteiger partial charge in [0.25, 0.3) is 0 Å². The van der Waals surface area contributed by atoms with Crippen molar-refractivity contribution >= 4 is 11.8 Å². The topological polar surface area (TPSA) is 21.3 Å². The third-order valence-corrected chi connectivity index (χ3v) is 4.12. The normalized spacial score (nSPS) is 20.2. The predicted octanol–water partition coefficient (Wildman–Crippen LogP) is 2.96. The van der Waals surface area contributed by atoms with E-state index < -0.39 is 0 Å². The molecular formula is C14H21NOS. The Kier molecular flexibility index (Phi) is 4.75. The van der Waals surface area contributed by atoms with Gasteiger partial charge in [-0.3, -0.25) is 0 Å². The number of benzene rings is 1. The van der Waals surface area contributed by atoms with Crippen LogP contribution in [0.1, 0.15) is 18.4 Å². The maximum Gasteiger partial charge on any atom is 0.122 e. The van der Waals surface area contributed by atoms with E-state index in [2.05, 4.69) is 29.8 Å². The average Bonchev–Trinajstić information content (AvgIpc) is 2.40. The number of methoxy groups -OCH3 is 1. The zero-order chi connectivity index (χ0) is 12.1. The zero-order valence-electron chi connectivity index (χ0n) is 10.7. The van der Waals surface area contributed by atoms with Crippen molar-refractivity contribution in [3.63, 3.8) is 0 Å². The van der Waals surface area contributed by atoms with Crippen molar-refractivity contribution in [3.8, 4) is 5.75 Å². The number of hydrogen-bond donors (Lipinski definition) is 1. The first-order chi connectivity index (χ1) is 8.33. The lowest BCUT2D eigenvalue weighted by Crippen LogP contribution is -2.30. The molecule has 0 saturated carbocycles. The second-order valence-corrected chi connectivity index (χ2v) is 5.47. The van der Waals surface area contributed by atoms with Crippen LogP contribution in [0.4, 0.5) is 0 Å². The van der Waals surface area contributed by atoms with E-state index in [1.165, 1.54) is 29.8 Å². The quantitative estimate of drug-likeness (QED) is 0.831. The highest BCUT2D eigenvalue weighted by molar-refractivity contribution is 7.98. The van der Waals surface area contributed by atoms with E-state index in [0.29, 0.717) is 0 Å². The summed E-state index contributed by atoms with van der Waals surface area (Å²) in [6.45, 7) is 2.32. The molecule has 1 atom stereocenters. The summed E-state index contributed by atoms with van der Waals surface area (Å²) in [6, 6.07) is 6.50. The minimum atomic E-state index is 0.759. The van der Waals surface area contributed by atoms with Crippen LogP contribution >= 0.6 is 11.8 Å². The van der Waals surface area contributed by atoms with Gasteiger partial charge in [0.1, 0.15) is 5.75 Å². The molecular weight excluding hydrogens is 230 g/mol. The molecule has 1 aromatic carbocycles. The second kappa shape index (κ2) is 6.31. The molecule has 1 saturated heterocycles. The second-order valence-electron chi connectivity index (χ2n) is 4.59. The van der Waals surface area contributed by atoms with E-state index >= 15 is 0 Å². The minimum Gasteiger partial charge on any atom is -0.496 e. The van der Waals surface area contributed by atoms with E-state index in [9.17, 15) is 0 Å². The van der Waals surface area contributed by atoms with Gasteiger partial charge in [-0.2, -0.15) is 0 Å². The summed E-state index contributed by atoms with van der Waals surface area (Å²) in [5.74, 6) is 1.79. The Morgan fingerprint density at radius 1 is 1.47 bits per heavy atom. The fraction of sp³-hybridized carbons (Fsp3) is 0.571. The van der Waals surface area contributed by atoms with Crippen molar-refractivity contribution in [2.75, 3.05) is 26.5 Å². The van der Waals surface area contributed by atoms with Crippen molar-refractivity contribution < 1.29 is 4.74 Å². The van der Waals surface area contributed by atoms with Crippen molar-refractivity contribution in [3.05, 3.63) is 23.8 Å². The highest BCUT2D eigenvalue weighted by Crippen LogP contribution is 2.28. The fourth-order valence-corrected chi connectivity index (χ4v) is 2.91. The number of rotatable bonds is 4. The van der Waals surface area contributed by atoms with Crippen LogP contribution in [0.2, 0.25) is 0 Å². The molecule has 0 amide bonds. The lowest BCUT2D eigenvalue weighted by molar-refractivity contribution is 0.364. The number of hydrogen-bond acceptors (Lipinski definition) is 3. The maximum atomic E-state index is 5.46. The SMILES string of the molecule is COc1ccc(SC)cc1CC1CCCNC1. The molecule has 0 aliphatic carbocycles. The van der Waals surface area contributed by atoms with Crippen LogP contribution in [-0.4, -0.2) is 26.5 Å². The van der Waals surface area contributed by atoms with E-state index in [1.54, 1.807) is 18.9 Å². The van der Waals surface area contributed by atoms with Gasteiger partial charge in [-0.15, -0.1) is 11.8 Å². The standard InChI is InChI=1S/C14H21NOS/c1-16-14-6-5-13(17-2)9-12(14)8-11-4-3-7-15-10-11/h5-6,9,11,15H,3-4,7-8,10H2,1-2H3. The van der Waals surface area contributed by atoms with Gasteiger partial charge in [0, 0.05) is 4.90 Å². The first-order valence-corrected chi connectivity index (χ1v) is 7.47. The molecule has 2 nitrogen and oxygen atoms in total. The van der Waals surface area contributed by atoms with Gasteiger partial charge in [0.05, 0.1) is 7.11 Å². The minimum absolute atomic E-state index is 0.759. The average molecular weight is 251 g/mol. The van der Waals surface area contributed by atoms with E-state index in [4.69, 9.17) is 4.74 Å². The summed E-state index contributed by atoms with van der Waals surface area (Å²) in [7, 11) is 1.76. The Bertz CT molecular complexity index is 361. The van der Waals surface area contributed by atoms with Crippen molar-refractivity contribution in [1.82, 2.24) is 5.32 Å². The molecule has 2 rings (SSSR count). The summed E-state index contributed by atoms with van der Waals surface area (Å²) >= 11 is 1.79. The van der Waals surface area contributed by atoms with Gasteiger partial charge < -0.3 is 10.1 Å². The Morgan fingerprint density at radius 2 is 2.35 bits per heavy atom. The van der Waals surface area contributed by atoms with E-state index in [-0.39, 0.29) is 0 Å². The zero-order valence-corrected chi connectivity index (χ0v) is 11.5. The van der Waals surface area contributed by atoms with Gasteiger partial charge >= 0.3 is 0 Å². The number of ether oxygens (including phenoxy) is 1. The Balaban J connectivity index is 2.11. The largest absolute Gasteiger partial charge is 0.496 e. The van der Waals surface area contributed by atoms with Crippen molar-refractivity contribution in [2.24, 2.45) is 5.92 Å². The van der Waals surface area contributed by atoms with Crippen LogP contribution in [0.15, 0.2) is 23.1 Å². The molecule has 1 aliphatic heterocycles. The third kappa shape index (κ3) is 3.39. The number of nitrogens with one attached hydrogen (secondary N) is 1. The van der Waals surface area contributed by atoms with E-state index in [0.717, 1.165) is 24.6 Å². The van der Waals surface area contributed by atoms with E-state index in [1.807, 2.05) is 0 Å². The third-order valence-electron chi connectivity index (χ3n) is 3.40. The summed E-state index contributed by atoms with van der Waals surface area (Å²) in [6.07, 6.45) is 5.88. The van der Waals surface area contributed by atoms with Crippen LogP contribution in [0.25, 0.3) is 0 Å². The summed E-state index contributed by atoms with van der Waals surface area (Å²) in [5.41, 5.74) is 1.35. The van der Waals surface area contributed by atoms with Gasteiger partial charge in [0.2, 0.25) is 0 Å². The maximum absolute atomic E-state index is 5.46. The lowest BCUT2D eigenvalue weighted by Gasteiger charge is -2.23. The van der Waals surface area contributed by atoms with Crippen molar-refractivity contribution in [2.45, 2.75) is 24.2 Å². The molecule has 1 heterocycles. The number of thioether (sulfide) groups is 1. The molecule has 94 valence electrons. The lowest BCUT2D eigenvalue weighted by atomic mass is 9.92. The molecule has 0 radical (unpaired) electrons. The highest BCUT2D eigenvalue weighted by atomic mass is 32.2. The Hall–Kier alpha value is -0.670. The molecule has 17 heavy (non-hydrogen) atoms. The van der Waals surface area contributed by atoms with Crippen molar-refractivity contribution in [1.29, 1.82) is 0 Å². The molecule has 1 aromatic rings. The molecule has 1 N–H and O–H groups in total. The first kappa shape index (κ1) is 12.8. The Morgan fingerprint density at radius 3 is 3.00 bits per heavy atom. The van der Waals surface area contributed by atoms with Crippen LogP contribution in [-0.2, 0) is 6.42 Å². The predicted molar refractivity (Wildman–Crippen MR) is 74.1 cm³/mol. The van der Waals surface area contributed by atoms with Crippen LogP contribution in [0.3, 0.4) is 0 Å². The molecule has 0 spiro atoms. The smallest absolute Gasteiger partial charge is 0.122 e. The van der Waals surface area contributed by atoms with Gasteiger partial charge in [-0.05, 0) is 68.3 Å². The molecule has 1 aliphatic rings. The van der Waals surface area contributed by atoms with Crippen LogP contribution < -0.4 is 10.1 Å². The highest BCUT2D eigenvalue weighted by Gasteiger charge is 2.15. The molecule has 1 unspecified atom stereocenters. The Labute approximate surface area is 108 Å². The summed E-state index contributed by atoms with van der Waals surface area (Å²) < 4.78 is 5.46. The van der Waals surface area contributed by atoms with Crippen LogP contribution in [0.5, 0.6) is 5.75 Å². The number of piperidine rings is 1. The molecule has 0 bridgehead atoms. The molecule has 1 fully saturated rings. The monoisotopic (exact) mass is 251 g/mol. The fourth-order valence-electron chi connectivity index (χ4n) is 2.45. The van der Waals surface area contributed by atoms with Gasteiger partial charge in [-0.1, -0.05) is 0 Å². The molecule has 0 aromatic heterocycles. The van der Waals surface area contributed by atoms with Crippen LogP contribution in [0, 0.1) is 5.92 Å². The first-order valence-electron chi connectivity index (χ1n) is 6.25. The van der Waals surface area contributed by atoms with Gasteiger partial charge in [0.15, 0.2) is 0 Å². The molecule has 3 heteroatoms. The van der Waals surface area contributed by atoms with Gasteiger partial charge in [-0.25, -0.2) is 0 Å². The summed E-state index contributed by atoms with van der Waals surface area (Å²) in [4.78, 5) is 1.32.